The average Bonchev–Trinajstić information content (AvgIpc) is 3.75. The van der Waals surface area contributed by atoms with Gasteiger partial charge in [-0.25, -0.2) is 0 Å². The van der Waals surface area contributed by atoms with E-state index in [4.69, 9.17) is 0 Å². The zero-order chi connectivity index (χ0) is 46.4. The molecule has 12 aromatic rings. The van der Waals surface area contributed by atoms with Crippen LogP contribution in [0.3, 0.4) is 0 Å². The lowest BCUT2D eigenvalue weighted by Gasteiger charge is -2.35. The second-order valence-electron chi connectivity index (χ2n) is 18.4. The van der Waals surface area contributed by atoms with Gasteiger partial charge in [0.1, 0.15) is 0 Å². The van der Waals surface area contributed by atoms with Crippen molar-refractivity contribution in [3.63, 3.8) is 0 Å². The molecule has 0 heterocycles. The lowest BCUT2D eigenvalue weighted by atomic mass is 9.68. The van der Waals surface area contributed by atoms with Crippen molar-refractivity contribution < 1.29 is 0 Å². The summed E-state index contributed by atoms with van der Waals surface area (Å²) >= 11 is 0. The van der Waals surface area contributed by atoms with E-state index in [1.807, 2.05) is 0 Å². The van der Waals surface area contributed by atoms with Gasteiger partial charge in [-0.15, -0.1) is 0 Å². The van der Waals surface area contributed by atoms with E-state index >= 15 is 0 Å². The predicted octanol–water partition coefficient (Wildman–Crippen LogP) is 18.5. The van der Waals surface area contributed by atoms with Crippen LogP contribution in [0.4, 0.5) is 17.1 Å². The zero-order valence-electron chi connectivity index (χ0n) is 38.6. The molecule has 12 aromatic carbocycles. The molecule has 0 aromatic heterocycles. The van der Waals surface area contributed by atoms with E-state index in [2.05, 4.69) is 290 Å². The summed E-state index contributed by atoms with van der Waals surface area (Å²) in [6.45, 7) is 0. The maximum Gasteiger partial charge on any atom is 0.0714 e. The van der Waals surface area contributed by atoms with Gasteiger partial charge in [-0.1, -0.05) is 255 Å². The number of para-hydroxylation sites is 2. The zero-order valence-corrected chi connectivity index (χ0v) is 38.6. The van der Waals surface area contributed by atoms with E-state index in [9.17, 15) is 0 Å². The molecule has 1 aliphatic rings. The van der Waals surface area contributed by atoms with Crippen LogP contribution < -0.4 is 4.90 Å². The van der Waals surface area contributed by atoms with Gasteiger partial charge in [-0.2, -0.15) is 0 Å². The third kappa shape index (κ3) is 6.86. The summed E-state index contributed by atoms with van der Waals surface area (Å²) in [6.07, 6.45) is 0. The quantitative estimate of drug-likeness (QED) is 0.140. The third-order valence-corrected chi connectivity index (χ3v) is 14.5. The molecule has 1 nitrogen and oxygen atoms in total. The maximum absolute atomic E-state index is 2.54. The number of hydrogen-bond acceptors (Lipinski definition) is 1. The number of nitrogens with zero attached hydrogens (tertiary/aromatic N) is 1. The van der Waals surface area contributed by atoms with Gasteiger partial charge in [0.25, 0.3) is 0 Å². The normalized spacial score (nSPS) is 12.4. The Balaban J connectivity index is 1.02. The van der Waals surface area contributed by atoms with Crippen molar-refractivity contribution in [2.75, 3.05) is 4.90 Å². The molecule has 0 saturated heterocycles. The van der Waals surface area contributed by atoms with Crippen molar-refractivity contribution in [3.8, 4) is 55.6 Å². The molecule has 328 valence electrons. The van der Waals surface area contributed by atoms with Gasteiger partial charge in [0.15, 0.2) is 0 Å². The van der Waals surface area contributed by atoms with Crippen LogP contribution in [0, 0.1) is 0 Å². The Hall–Kier alpha value is -9.04. The molecule has 0 saturated carbocycles. The van der Waals surface area contributed by atoms with Crippen LogP contribution in [0.2, 0.25) is 0 Å². The molecule has 0 N–H and O–H groups in total. The topological polar surface area (TPSA) is 3.24 Å². The standard InChI is InChI=1S/C69H47N/c1-3-22-58(23-4-1)69(59-24-5-2-6-25-59)63-29-14-11-28-62(63)68-64(69)30-17-33-67(68)70(65-31-15-12-26-60(65)52-40-34-50(35-41-52)56-44-38-48-18-7-9-20-54(48)46-56)66-32-16-13-27-61(66)53-42-36-51(37-43-53)57-45-39-49-19-8-10-21-55(49)47-57/h1-47H. The number of hydrogen-bond donors (Lipinski definition) is 0. The predicted molar refractivity (Wildman–Crippen MR) is 295 cm³/mol. The van der Waals surface area contributed by atoms with Gasteiger partial charge >= 0.3 is 0 Å². The van der Waals surface area contributed by atoms with Crippen molar-refractivity contribution in [2.45, 2.75) is 5.41 Å². The molecule has 0 amide bonds. The summed E-state index contributed by atoms with van der Waals surface area (Å²) < 4.78 is 0. The van der Waals surface area contributed by atoms with Crippen molar-refractivity contribution in [1.29, 1.82) is 0 Å². The first kappa shape index (κ1) is 41.2. The third-order valence-electron chi connectivity index (χ3n) is 14.5. The Morgan fingerprint density at radius 3 is 1.11 bits per heavy atom. The monoisotopic (exact) mass is 889 g/mol. The fourth-order valence-corrected chi connectivity index (χ4v) is 11.3. The van der Waals surface area contributed by atoms with Crippen molar-refractivity contribution in [2.24, 2.45) is 0 Å². The molecular weight excluding hydrogens is 843 g/mol. The van der Waals surface area contributed by atoms with E-state index in [-0.39, 0.29) is 0 Å². The van der Waals surface area contributed by atoms with Gasteiger partial charge in [0, 0.05) is 16.7 Å². The van der Waals surface area contributed by atoms with Crippen molar-refractivity contribution in [3.05, 3.63) is 307 Å². The molecule has 0 atom stereocenters. The van der Waals surface area contributed by atoms with Crippen molar-refractivity contribution >= 4 is 38.6 Å². The van der Waals surface area contributed by atoms with Gasteiger partial charge in [0.2, 0.25) is 0 Å². The summed E-state index contributed by atoms with van der Waals surface area (Å²) in [7, 11) is 0. The molecule has 0 aliphatic heterocycles. The average molecular weight is 890 g/mol. The van der Waals surface area contributed by atoms with Gasteiger partial charge in [-0.3, -0.25) is 0 Å². The fourth-order valence-electron chi connectivity index (χ4n) is 11.3. The number of benzene rings is 12. The minimum absolute atomic E-state index is 0.549. The van der Waals surface area contributed by atoms with Crippen LogP contribution in [-0.4, -0.2) is 0 Å². The van der Waals surface area contributed by atoms with Crippen LogP contribution in [-0.2, 0) is 5.41 Å². The van der Waals surface area contributed by atoms with E-state index < -0.39 is 5.41 Å². The summed E-state index contributed by atoms with van der Waals surface area (Å²) in [5.74, 6) is 0. The van der Waals surface area contributed by atoms with Crippen molar-refractivity contribution in [1.82, 2.24) is 0 Å². The maximum atomic E-state index is 2.54. The Morgan fingerprint density at radius 1 is 0.229 bits per heavy atom. The minimum Gasteiger partial charge on any atom is -0.309 e. The van der Waals surface area contributed by atoms with Gasteiger partial charge < -0.3 is 4.90 Å². The molecular formula is C69H47N. The van der Waals surface area contributed by atoms with E-state index in [0.717, 1.165) is 39.3 Å². The first-order chi connectivity index (χ1) is 34.7. The highest BCUT2D eigenvalue weighted by atomic mass is 15.2. The first-order valence-corrected chi connectivity index (χ1v) is 24.2. The fraction of sp³-hybridized carbons (Fsp3) is 0.0145. The molecule has 0 spiro atoms. The lowest BCUT2D eigenvalue weighted by Crippen LogP contribution is -2.28. The van der Waals surface area contributed by atoms with Crippen LogP contribution in [0.25, 0.3) is 77.2 Å². The van der Waals surface area contributed by atoms with E-state index in [0.29, 0.717) is 0 Å². The Kier molecular flexibility index (Phi) is 10.1. The Bertz CT molecular complexity index is 3660. The van der Waals surface area contributed by atoms with Gasteiger partial charge in [0.05, 0.1) is 22.5 Å². The SMILES string of the molecule is c1ccc(C2(c3ccccc3)c3ccccc3-c3c(N(c4ccccc4-c4ccc(-c5ccc6ccccc6c5)cc4)c4ccccc4-c4ccc(-c5ccc6ccccc6c5)cc4)cccc32)cc1. The largest absolute Gasteiger partial charge is 0.309 e. The number of anilines is 3. The molecule has 70 heavy (non-hydrogen) atoms. The first-order valence-electron chi connectivity index (χ1n) is 24.2. The Morgan fingerprint density at radius 2 is 0.600 bits per heavy atom. The minimum atomic E-state index is -0.549. The molecule has 1 aliphatic carbocycles. The second kappa shape index (κ2) is 17.2. The second-order valence-corrected chi connectivity index (χ2v) is 18.4. The number of rotatable bonds is 9. The van der Waals surface area contributed by atoms with Gasteiger partial charge in [-0.05, 0) is 113 Å². The van der Waals surface area contributed by atoms with Crippen LogP contribution in [0.15, 0.2) is 285 Å². The molecule has 1 heteroatoms. The lowest BCUT2D eigenvalue weighted by molar-refractivity contribution is 0.768. The van der Waals surface area contributed by atoms with E-state index in [1.165, 1.54) is 77.2 Å². The summed E-state index contributed by atoms with van der Waals surface area (Å²) in [5, 5.41) is 4.98. The summed E-state index contributed by atoms with van der Waals surface area (Å²) in [4.78, 5) is 2.54. The van der Waals surface area contributed by atoms with E-state index in [1.54, 1.807) is 0 Å². The summed E-state index contributed by atoms with van der Waals surface area (Å²) in [6, 6.07) is 105. The molecule has 13 rings (SSSR count). The van der Waals surface area contributed by atoms with Crippen LogP contribution in [0.1, 0.15) is 22.3 Å². The molecule has 0 fully saturated rings. The Labute approximate surface area is 409 Å². The smallest absolute Gasteiger partial charge is 0.0714 e. The molecule has 0 unspecified atom stereocenters. The highest BCUT2D eigenvalue weighted by Gasteiger charge is 2.47. The molecule has 0 radical (unpaired) electrons. The highest BCUT2D eigenvalue weighted by Crippen LogP contribution is 2.60. The van der Waals surface area contributed by atoms with Crippen LogP contribution >= 0.6 is 0 Å². The van der Waals surface area contributed by atoms with Crippen LogP contribution in [0.5, 0.6) is 0 Å². The molecule has 0 bridgehead atoms. The number of fused-ring (bicyclic) bond motifs is 5. The summed E-state index contributed by atoms with van der Waals surface area (Å²) in [5.41, 5.74) is 19.7. The highest BCUT2D eigenvalue weighted by molar-refractivity contribution is 6.02.